The molecule has 1 saturated heterocycles. The summed E-state index contributed by atoms with van der Waals surface area (Å²) < 4.78 is 14.6. The summed E-state index contributed by atoms with van der Waals surface area (Å²) in [4.78, 5) is 14.2. The molecule has 0 saturated carbocycles. The van der Waals surface area contributed by atoms with E-state index in [1.807, 2.05) is 24.7 Å². The van der Waals surface area contributed by atoms with E-state index in [4.69, 9.17) is 19.3 Å². The van der Waals surface area contributed by atoms with Gasteiger partial charge in [0, 0.05) is 44.2 Å². The molecule has 400 valence electrons. The Bertz CT molecular complexity index is 4150. The largest absolute Gasteiger partial charge is 0.494 e. The maximum Gasteiger partial charge on any atom is 0.494 e. The lowest BCUT2D eigenvalue weighted by atomic mass is 9.79. The van der Waals surface area contributed by atoms with Crippen molar-refractivity contribution in [1.29, 1.82) is 0 Å². The number of benzene rings is 9. The first-order valence-electron chi connectivity index (χ1n) is 27.6. The maximum absolute atomic E-state index is 6.15. The van der Waals surface area contributed by atoms with Crippen LogP contribution >= 0.6 is 31.9 Å². The second-order valence-corrected chi connectivity index (χ2v) is 23.9. The van der Waals surface area contributed by atoms with E-state index in [0.717, 1.165) is 22.5 Å². The minimum atomic E-state index is -0.355. The minimum absolute atomic E-state index is 0.334. The lowest BCUT2D eigenvalue weighted by Crippen LogP contribution is -2.41. The molecule has 0 amide bonds. The van der Waals surface area contributed by atoms with Gasteiger partial charge in [-0.15, -0.1) is 0 Å². The van der Waals surface area contributed by atoms with Gasteiger partial charge in [0.2, 0.25) is 0 Å². The van der Waals surface area contributed by atoms with Crippen LogP contribution in [0, 0.1) is 41.5 Å². The van der Waals surface area contributed by atoms with E-state index in [0.29, 0.717) is 0 Å². The first-order chi connectivity index (χ1) is 39.0. The summed E-state index contributed by atoms with van der Waals surface area (Å²) in [6.07, 6.45) is 5.73. The summed E-state index contributed by atoms with van der Waals surface area (Å²) in [5, 5.41) is 9.90. The van der Waals surface area contributed by atoms with Gasteiger partial charge in [-0.1, -0.05) is 151 Å². The van der Waals surface area contributed by atoms with Crippen LogP contribution in [0.3, 0.4) is 0 Å². The Morgan fingerprint density at radius 3 is 1.12 bits per heavy atom. The second-order valence-electron chi connectivity index (χ2n) is 22.3. The third-order valence-electron chi connectivity index (χ3n) is 16.3. The van der Waals surface area contributed by atoms with Crippen LogP contribution in [0.4, 0.5) is 0 Å². The zero-order chi connectivity index (χ0) is 56.7. The normalized spacial score (nSPS) is 13.5. The van der Waals surface area contributed by atoms with E-state index in [1.165, 1.54) is 124 Å². The zero-order valence-corrected chi connectivity index (χ0v) is 50.8. The Balaban J connectivity index is 0.000000147. The molecule has 1 fully saturated rings. The third kappa shape index (κ3) is 10.8. The predicted octanol–water partition coefficient (Wildman–Crippen LogP) is 19.9. The third-order valence-corrected chi connectivity index (χ3v) is 18.0. The van der Waals surface area contributed by atoms with Crippen LogP contribution in [0.25, 0.3) is 99.1 Å². The van der Waals surface area contributed by atoms with E-state index in [1.54, 1.807) is 0 Å². The predicted molar refractivity (Wildman–Crippen MR) is 349 cm³/mol. The molecule has 1 aliphatic rings. The maximum atomic E-state index is 6.15. The van der Waals surface area contributed by atoms with Crippen LogP contribution in [0.5, 0.6) is 0 Å². The van der Waals surface area contributed by atoms with Crippen LogP contribution in [0.2, 0.25) is 0 Å². The highest BCUT2D eigenvalue weighted by atomic mass is 79.9. The number of hydrogen-bond donors (Lipinski definition) is 0. The molecule has 0 unspecified atom stereocenters. The number of pyridine rings is 3. The second kappa shape index (κ2) is 22.7. The SMILES string of the molecule is Brc1c2ccccc2c(Br)c2ccccc12.Cc1ccc(C)c(-c2cc(-c3c4ccccc4c(-c4ccnc(-c5c(C)cccc5C)c4)c4ccccc34)ccn2)c1.Cc1cccc(C)c1-c1cc(B2OC(C)(C)C(C)(C)O2)ccn1. The average molecular weight is 1190 g/mol. The Kier molecular flexibility index (Phi) is 15.5. The van der Waals surface area contributed by atoms with Crippen LogP contribution in [-0.4, -0.2) is 33.3 Å². The van der Waals surface area contributed by atoms with E-state index < -0.39 is 0 Å². The van der Waals surface area contributed by atoms with E-state index in [-0.39, 0.29) is 18.3 Å². The lowest BCUT2D eigenvalue weighted by molar-refractivity contribution is 0.00578. The summed E-state index contributed by atoms with van der Waals surface area (Å²) >= 11 is 7.39. The molecule has 0 aliphatic carbocycles. The highest BCUT2D eigenvalue weighted by Crippen LogP contribution is 2.45. The van der Waals surface area contributed by atoms with Crippen LogP contribution in [-0.2, 0) is 9.31 Å². The quantitative estimate of drug-likeness (QED) is 0.123. The Hall–Kier alpha value is -7.59. The fourth-order valence-corrected chi connectivity index (χ4v) is 12.8. The number of fused-ring (bicyclic) bond motifs is 4. The number of aryl methyl sites for hydroxylation is 6. The molecule has 1 aliphatic heterocycles. The van der Waals surface area contributed by atoms with Crippen molar-refractivity contribution in [2.75, 3.05) is 0 Å². The number of nitrogens with zero attached hydrogens (tertiary/aromatic N) is 3. The summed E-state index contributed by atoms with van der Waals surface area (Å²) in [5.74, 6) is 0. The molecule has 12 aromatic rings. The molecule has 5 nitrogen and oxygen atoms in total. The zero-order valence-electron chi connectivity index (χ0n) is 47.6. The van der Waals surface area contributed by atoms with Crippen molar-refractivity contribution in [3.63, 3.8) is 0 Å². The molecule has 0 spiro atoms. The van der Waals surface area contributed by atoms with Gasteiger partial charge in [0.15, 0.2) is 0 Å². The molecule has 0 radical (unpaired) electrons. The van der Waals surface area contributed by atoms with Gasteiger partial charge < -0.3 is 9.31 Å². The molecule has 0 atom stereocenters. The fraction of sp³-hybridized carbons (Fsp3) is 0.164. The standard InChI is InChI=1S/C40H32N2.C19H24BNO2.C14H8Br2/c1-25-16-17-26(2)35(22-25)36-23-29(18-20-41-36)39-31-12-5-7-14-33(31)40(34-15-8-6-13-32(34)39)30-19-21-42-37(24-30)38-27(3)10-9-11-28(38)4;1-13-8-7-9-14(2)17(13)16-12-15(10-11-21-16)20-22-18(3,4)19(5,6)23-20;15-13-9-5-1-2-6-10(9)14(16)12-8-4-3-7-11(12)13/h5-24H,1-4H3;7-12H,1-6H3;1-8H. The average Bonchev–Trinajstić information content (AvgIpc) is 3.77. The molecular formula is C73H64BBr2N3O2. The van der Waals surface area contributed by atoms with Crippen LogP contribution in [0.15, 0.2) is 216 Å². The summed E-state index contributed by atoms with van der Waals surface area (Å²) in [6, 6.07) is 66.6. The highest BCUT2D eigenvalue weighted by molar-refractivity contribution is 9.11. The topological polar surface area (TPSA) is 57.1 Å². The lowest BCUT2D eigenvalue weighted by Gasteiger charge is -2.32. The van der Waals surface area contributed by atoms with Crippen LogP contribution < -0.4 is 5.46 Å². The van der Waals surface area contributed by atoms with Gasteiger partial charge in [-0.2, -0.15) is 0 Å². The summed E-state index contributed by atoms with van der Waals surface area (Å²) in [5.41, 5.74) is 19.1. The minimum Gasteiger partial charge on any atom is -0.399 e. The Morgan fingerprint density at radius 1 is 0.346 bits per heavy atom. The van der Waals surface area contributed by atoms with E-state index in [2.05, 4.69) is 288 Å². The number of rotatable bonds is 6. The highest BCUT2D eigenvalue weighted by Gasteiger charge is 2.51. The fourth-order valence-electron chi connectivity index (χ4n) is 11.4. The molecular weight excluding hydrogens is 1120 g/mol. The molecule has 4 heterocycles. The first kappa shape index (κ1) is 55.3. The van der Waals surface area contributed by atoms with Crippen molar-refractivity contribution >= 4 is 87.5 Å². The van der Waals surface area contributed by atoms with Gasteiger partial charge in [0.1, 0.15) is 0 Å². The molecule has 0 N–H and O–H groups in total. The molecule has 8 heteroatoms. The summed E-state index contributed by atoms with van der Waals surface area (Å²) in [7, 11) is -0.355. The molecule has 0 bridgehead atoms. The summed E-state index contributed by atoms with van der Waals surface area (Å²) in [6.45, 7) is 21.1. The smallest absolute Gasteiger partial charge is 0.399 e. The first-order valence-corrected chi connectivity index (χ1v) is 29.2. The number of halogens is 2. The van der Waals surface area contributed by atoms with Gasteiger partial charge in [-0.3, -0.25) is 15.0 Å². The van der Waals surface area contributed by atoms with Crippen LogP contribution in [0.1, 0.15) is 61.1 Å². The van der Waals surface area contributed by atoms with Gasteiger partial charge in [-0.05, 0) is 242 Å². The van der Waals surface area contributed by atoms with Crippen molar-refractivity contribution in [3.05, 3.63) is 249 Å². The van der Waals surface area contributed by atoms with E-state index in [9.17, 15) is 0 Å². The van der Waals surface area contributed by atoms with Gasteiger partial charge in [0.05, 0.1) is 28.3 Å². The Morgan fingerprint density at radius 2 is 0.704 bits per heavy atom. The number of hydrogen-bond acceptors (Lipinski definition) is 5. The van der Waals surface area contributed by atoms with Gasteiger partial charge in [0.25, 0.3) is 0 Å². The Labute approximate surface area is 493 Å². The van der Waals surface area contributed by atoms with Gasteiger partial charge >= 0.3 is 7.12 Å². The van der Waals surface area contributed by atoms with Crippen molar-refractivity contribution < 1.29 is 9.31 Å². The molecule has 9 aromatic carbocycles. The van der Waals surface area contributed by atoms with Crippen molar-refractivity contribution in [1.82, 2.24) is 15.0 Å². The monoisotopic (exact) mass is 1180 g/mol. The van der Waals surface area contributed by atoms with Crippen molar-refractivity contribution in [2.45, 2.75) is 80.4 Å². The van der Waals surface area contributed by atoms with E-state index >= 15 is 0 Å². The molecule has 13 rings (SSSR count). The van der Waals surface area contributed by atoms with Crippen molar-refractivity contribution in [3.8, 4) is 56.0 Å². The number of aromatic nitrogens is 3. The molecule has 3 aromatic heterocycles. The van der Waals surface area contributed by atoms with Crippen molar-refractivity contribution in [2.24, 2.45) is 0 Å². The van der Waals surface area contributed by atoms with Gasteiger partial charge in [-0.25, -0.2) is 0 Å². The molecule has 81 heavy (non-hydrogen) atoms.